The molecule has 2 aromatic carbocycles. The molecule has 0 aliphatic heterocycles. The average Bonchev–Trinajstić information content (AvgIpc) is 3.17. The number of carbonyl (C=O) groups is 1. The second-order valence-electron chi connectivity index (χ2n) is 7.00. The summed E-state index contributed by atoms with van der Waals surface area (Å²) in [4.78, 5) is 17.0. The van der Waals surface area contributed by atoms with Crippen molar-refractivity contribution in [3.05, 3.63) is 65.0 Å². The third kappa shape index (κ3) is 5.20. The molecular formula is C23H26N2O2S. The van der Waals surface area contributed by atoms with Gasteiger partial charge < -0.3 is 4.74 Å². The third-order valence-electron chi connectivity index (χ3n) is 4.48. The van der Waals surface area contributed by atoms with Crippen LogP contribution < -0.4 is 10.1 Å². The fourth-order valence-corrected chi connectivity index (χ4v) is 3.42. The predicted octanol–water partition coefficient (Wildman–Crippen LogP) is 6.36. The standard InChI is InChI=1S/C23H26N2O2S/c1-4-5-14-27-20-12-10-19(11-13-20)22(26)25-23-24-21(15-28-23)18-8-6-17(7-9-18)16(2)3/h6-13,15-16H,4-5,14H2,1-3H3,(H,24,25,26). The molecule has 146 valence electrons. The summed E-state index contributed by atoms with van der Waals surface area (Å²) in [6.07, 6.45) is 2.12. The van der Waals surface area contributed by atoms with Crippen molar-refractivity contribution >= 4 is 22.4 Å². The fourth-order valence-electron chi connectivity index (χ4n) is 2.71. The number of unbranched alkanes of at least 4 members (excludes halogenated alkanes) is 1. The van der Waals surface area contributed by atoms with Gasteiger partial charge >= 0.3 is 0 Å². The number of aromatic nitrogens is 1. The molecule has 0 radical (unpaired) electrons. The molecular weight excluding hydrogens is 368 g/mol. The molecule has 0 saturated heterocycles. The quantitative estimate of drug-likeness (QED) is 0.452. The molecule has 28 heavy (non-hydrogen) atoms. The van der Waals surface area contributed by atoms with Gasteiger partial charge in [0.1, 0.15) is 5.75 Å². The summed E-state index contributed by atoms with van der Waals surface area (Å²) in [7, 11) is 0. The van der Waals surface area contributed by atoms with E-state index >= 15 is 0 Å². The lowest BCUT2D eigenvalue weighted by atomic mass is 10.0. The van der Waals surface area contributed by atoms with Gasteiger partial charge in [-0.3, -0.25) is 10.1 Å². The maximum Gasteiger partial charge on any atom is 0.257 e. The second-order valence-corrected chi connectivity index (χ2v) is 7.85. The number of hydrogen-bond acceptors (Lipinski definition) is 4. The van der Waals surface area contributed by atoms with Crippen molar-refractivity contribution in [1.29, 1.82) is 0 Å². The lowest BCUT2D eigenvalue weighted by molar-refractivity contribution is 0.102. The Morgan fingerprint density at radius 2 is 1.82 bits per heavy atom. The van der Waals surface area contributed by atoms with Gasteiger partial charge in [-0.15, -0.1) is 11.3 Å². The van der Waals surface area contributed by atoms with E-state index < -0.39 is 0 Å². The van der Waals surface area contributed by atoms with Crippen molar-refractivity contribution in [2.24, 2.45) is 0 Å². The molecule has 4 nitrogen and oxygen atoms in total. The van der Waals surface area contributed by atoms with E-state index in [2.05, 4.69) is 55.3 Å². The minimum absolute atomic E-state index is 0.170. The van der Waals surface area contributed by atoms with Crippen molar-refractivity contribution in [1.82, 2.24) is 4.98 Å². The van der Waals surface area contributed by atoms with Gasteiger partial charge in [0, 0.05) is 16.5 Å². The Morgan fingerprint density at radius 1 is 1.11 bits per heavy atom. The van der Waals surface area contributed by atoms with Gasteiger partial charge in [-0.2, -0.15) is 0 Å². The number of nitrogens with one attached hydrogen (secondary N) is 1. The topological polar surface area (TPSA) is 51.2 Å². The van der Waals surface area contributed by atoms with E-state index in [-0.39, 0.29) is 5.91 Å². The monoisotopic (exact) mass is 394 g/mol. The minimum Gasteiger partial charge on any atom is -0.494 e. The number of carbonyl (C=O) groups excluding carboxylic acids is 1. The summed E-state index contributed by atoms with van der Waals surface area (Å²) in [5.41, 5.74) is 3.81. The first kappa shape index (κ1) is 20.1. The molecule has 0 saturated carbocycles. The maximum absolute atomic E-state index is 12.5. The average molecular weight is 395 g/mol. The molecule has 0 bridgehead atoms. The van der Waals surface area contributed by atoms with Crippen LogP contribution in [0.15, 0.2) is 53.9 Å². The summed E-state index contributed by atoms with van der Waals surface area (Å²) in [6, 6.07) is 15.6. The van der Waals surface area contributed by atoms with Crippen LogP contribution in [-0.2, 0) is 0 Å². The lowest BCUT2D eigenvalue weighted by Gasteiger charge is -2.06. The van der Waals surface area contributed by atoms with Crippen LogP contribution in [0.5, 0.6) is 5.75 Å². The van der Waals surface area contributed by atoms with Gasteiger partial charge in [-0.1, -0.05) is 51.5 Å². The number of benzene rings is 2. The number of hydrogen-bond donors (Lipinski definition) is 1. The molecule has 0 fully saturated rings. The van der Waals surface area contributed by atoms with Crippen molar-refractivity contribution < 1.29 is 9.53 Å². The van der Waals surface area contributed by atoms with Crippen molar-refractivity contribution in [3.8, 4) is 17.0 Å². The van der Waals surface area contributed by atoms with Gasteiger partial charge in [-0.25, -0.2) is 4.98 Å². The number of thiazole rings is 1. The first-order chi connectivity index (χ1) is 13.6. The number of anilines is 1. The first-order valence-corrected chi connectivity index (χ1v) is 10.5. The van der Waals surface area contributed by atoms with Crippen LogP contribution in [0.1, 0.15) is 55.5 Å². The molecule has 3 aromatic rings. The molecule has 1 aromatic heterocycles. The van der Waals surface area contributed by atoms with Gasteiger partial charge in [0.15, 0.2) is 5.13 Å². The molecule has 5 heteroatoms. The zero-order valence-electron chi connectivity index (χ0n) is 16.6. The van der Waals surface area contributed by atoms with E-state index in [4.69, 9.17) is 4.74 Å². The predicted molar refractivity (Wildman–Crippen MR) is 116 cm³/mol. The molecule has 0 unspecified atom stereocenters. The highest BCUT2D eigenvalue weighted by Gasteiger charge is 2.11. The zero-order valence-corrected chi connectivity index (χ0v) is 17.4. The van der Waals surface area contributed by atoms with Crippen molar-refractivity contribution in [3.63, 3.8) is 0 Å². The van der Waals surface area contributed by atoms with Gasteiger partial charge in [0.2, 0.25) is 0 Å². The highest BCUT2D eigenvalue weighted by molar-refractivity contribution is 7.14. The summed E-state index contributed by atoms with van der Waals surface area (Å²) >= 11 is 1.43. The Labute approximate surface area is 170 Å². The fraction of sp³-hybridized carbons (Fsp3) is 0.304. The van der Waals surface area contributed by atoms with Gasteiger partial charge in [-0.05, 0) is 42.2 Å². The van der Waals surface area contributed by atoms with E-state index in [9.17, 15) is 4.79 Å². The highest BCUT2D eigenvalue weighted by atomic mass is 32.1. The largest absolute Gasteiger partial charge is 0.494 e. The molecule has 3 rings (SSSR count). The molecule has 0 aliphatic rings. The van der Waals surface area contributed by atoms with E-state index in [0.29, 0.717) is 23.2 Å². The van der Waals surface area contributed by atoms with Crippen LogP contribution in [0.4, 0.5) is 5.13 Å². The van der Waals surface area contributed by atoms with E-state index in [1.165, 1.54) is 16.9 Å². The van der Waals surface area contributed by atoms with Gasteiger partial charge in [0.05, 0.1) is 12.3 Å². The Morgan fingerprint density at radius 3 is 2.46 bits per heavy atom. The maximum atomic E-state index is 12.5. The Kier molecular flexibility index (Phi) is 6.82. The molecule has 1 N–H and O–H groups in total. The Bertz CT molecular complexity index is 899. The SMILES string of the molecule is CCCCOc1ccc(C(=O)Nc2nc(-c3ccc(C(C)C)cc3)cs2)cc1. The number of amides is 1. The molecule has 0 aliphatic carbocycles. The van der Waals surface area contributed by atoms with Crippen molar-refractivity contribution in [2.45, 2.75) is 39.5 Å². The third-order valence-corrected chi connectivity index (χ3v) is 5.24. The smallest absolute Gasteiger partial charge is 0.257 e. The van der Waals surface area contributed by atoms with Crippen LogP contribution in [0.25, 0.3) is 11.3 Å². The van der Waals surface area contributed by atoms with Crippen LogP contribution in [0.3, 0.4) is 0 Å². The Hall–Kier alpha value is -2.66. The summed E-state index contributed by atoms with van der Waals surface area (Å²) < 4.78 is 5.63. The molecule has 0 spiro atoms. The highest BCUT2D eigenvalue weighted by Crippen LogP contribution is 2.27. The van der Waals surface area contributed by atoms with Crippen LogP contribution >= 0.6 is 11.3 Å². The molecule has 1 amide bonds. The van der Waals surface area contributed by atoms with E-state index in [1.807, 2.05) is 17.5 Å². The number of nitrogens with zero attached hydrogens (tertiary/aromatic N) is 1. The minimum atomic E-state index is -0.170. The lowest BCUT2D eigenvalue weighted by Crippen LogP contribution is -2.11. The second kappa shape index (κ2) is 9.51. The Balaban J connectivity index is 1.62. The summed E-state index contributed by atoms with van der Waals surface area (Å²) in [5, 5.41) is 5.43. The van der Waals surface area contributed by atoms with Gasteiger partial charge in [0.25, 0.3) is 5.91 Å². The van der Waals surface area contributed by atoms with Crippen molar-refractivity contribution in [2.75, 3.05) is 11.9 Å². The van der Waals surface area contributed by atoms with Crippen LogP contribution in [0, 0.1) is 0 Å². The zero-order chi connectivity index (χ0) is 19.9. The molecule has 0 atom stereocenters. The number of rotatable bonds is 8. The molecule has 1 heterocycles. The normalized spacial score (nSPS) is 10.9. The van der Waals surface area contributed by atoms with E-state index in [0.717, 1.165) is 29.8 Å². The summed E-state index contributed by atoms with van der Waals surface area (Å²) in [6.45, 7) is 7.17. The first-order valence-electron chi connectivity index (χ1n) is 9.67. The van der Waals surface area contributed by atoms with E-state index in [1.54, 1.807) is 12.1 Å². The summed E-state index contributed by atoms with van der Waals surface area (Å²) in [5.74, 6) is 1.12. The van der Waals surface area contributed by atoms with Crippen LogP contribution in [-0.4, -0.2) is 17.5 Å². The van der Waals surface area contributed by atoms with Crippen LogP contribution in [0.2, 0.25) is 0 Å². The number of ether oxygens (including phenoxy) is 1.